The van der Waals surface area contributed by atoms with Crippen LogP contribution in [0.5, 0.6) is 17.2 Å². The molecule has 0 unspecified atom stereocenters. The van der Waals surface area contributed by atoms with Gasteiger partial charge in [0.05, 0.1) is 23.9 Å². The number of ether oxygens (including phenoxy) is 3. The van der Waals surface area contributed by atoms with Crippen molar-refractivity contribution in [1.29, 1.82) is 0 Å². The summed E-state index contributed by atoms with van der Waals surface area (Å²) in [6, 6.07) is 13.2. The minimum atomic E-state index is -0.442. The molecule has 11 nitrogen and oxygen atoms in total. The van der Waals surface area contributed by atoms with Crippen LogP contribution < -0.4 is 24.7 Å². The fraction of sp³-hybridized carbons (Fsp3) is 0.407. The maximum atomic E-state index is 13.6. The number of tetrazole rings is 1. The number of rotatable bonds is 5. The number of aromatic amines is 1. The number of para-hydroxylation sites is 2. The van der Waals surface area contributed by atoms with Gasteiger partial charge in [-0.15, -0.1) is 5.10 Å². The number of hydrogen-bond acceptors (Lipinski definition) is 9. The lowest BCUT2D eigenvalue weighted by molar-refractivity contribution is 0.174. The normalized spacial score (nSPS) is 16.7. The van der Waals surface area contributed by atoms with Gasteiger partial charge in [0.2, 0.25) is 6.79 Å². The minimum absolute atomic E-state index is 0.169. The number of fused-ring (bicyclic) bond motifs is 2. The number of methoxy groups -OCH3 is 1. The second-order valence-corrected chi connectivity index (χ2v) is 10.6. The molecule has 38 heavy (non-hydrogen) atoms. The summed E-state index contributed by atoms with van der Waals surface area (Å²) in [6.07, 6.45) is 0. The summed E-state index contributed by atoms with van der Waals surface area (Å²) >= 11 is 0. The number of piperazine rings is 1. The first-order valence-electron chi connectivity index (χ1n) is 12.7. The van der Waals surface area contributed by atoms with Gasteiger partial charge in [0.1, 0.15) is 11.8 Å². The molecule has 1 N–H and O–H groups in total. The summed E-state index contributed by atoms with van der Waals surface area (Å²) in [4.78, 5) is 21.2. The van der Waals surface area contributed by atoms with Crippen molar-refractivity contribution in [2.75, 3.05) is 45.0 Å². The lowest BCUT2D eigenvalue weighted by Crippen LogP contribution is -2.49. The molecule has 6 rings (SSSR count). The first-order valence-corrected chi connectivity index (χ1v) is 12.7. The number of nitrogens with one attached hydrogen (secondary N) is 1. The molecule has 0 saturated carbocycles. The Kier molecular flexibility index (Phi) is 5.94. The smallest absolute Gasteiger partial charge is 0.253 e. The molecule has 2 aromatic heterocycles. The van der Waals surface area contributed by atoms with Gasteiger partial charge in [-0.2, -0.15) is 0 Å². The second-order valence-electron chi connectivity index (χ2n) is 10.6. The van der Waals surface area contributed by atoms with Crippen molar-refractivity contribution in [3.63, 3.8) is 0 Å². The predicted molar refractivity (Wildman–Crippen MR) is 142 cm³/mol. The fourth-order valence-corrected chi connectivity index (χ4v) is 5.27. The molecule has 0 amide bonds. The first kappa shape index (κ1) is 24.2. The Balaban J connectivity index is 1.41. The third-order valence-corrected chi connectivity index (χ3v) is 7.14. The molecule has 2 aliphatic rings. The number of hydrogen-bond donors (Lipinski definition) is 1. The van der Waals surface area contributed by atoms with Crippen molar-refractivity contribution in [3.8, 4) is 17.2 Å². The number of nitrogens with zero attached hydrogens (tertiary/aromatic N) is 6. The highest BCUT2D eigenvalue weighted by atomic mass is 16.7. The third-order valence-electron chi connectivity index (χ3n) is 7.14. The quantitative estimate of drug-likeness (QED) is 0.427. The van der Waals surface area contributed by atoms with Crippen LogP contribution in [0.1, 0.15) is 38.2 Å². The number of benzene rings is 2. The van der Waals surface area contributed by atoms with E-state index in [0.717, 1.165) is 29.9 Å². The van der Waals surface area contributed by atoms with Gasteiger partial charge in [0.25, 0.3) is 5.56 Å². The van der Waals surface area contributed by atoms with Gasteiger partial charge in [0.15, 0.2) is 17.3 Å². The van der Waals surface area contributed by atoms with E-state index in [1.165, 1.54) is 0 Å². The summed E-state index contributed by atoms with van der Waals surface area (Å²) in [5.74, 6) is 2.77. The van der Waals surface area contributed by atoms with Crippen molar-refractivity contribution in [1.82, 2.24) is 30.1 Å². The number of anilines is 1. The fourth-order valence-electron chi connectivity index (χ4n) is 5.27. The van der Waals surface area contributed by atoms with Crippen LogP contribution in [0.15, 0.2) is 47.3 Å². The van der Waals surface area contributed by atoms with Crippen LogP contribution in [0.3, 0.4) is 0 Å². The molecule has 0 spiro atoms. The van der Waals surface area contributed by atoms with Crippen LogP contribution in [-0.2, 0) is 5.54 Å². The molecular weight excluding hydrogens is 486 g/mol. The summed E-state index contributed by atoms with van der Waals surface area (Å²) < 4.78 is 18.5. The lowest BCUT2D eigenvalue weighted by atomic mass is 10.0. The van der Waals surface area contributed by atoms with E-state index in [-0.39, 0.29) is 17.9 Å². The number of pyridine rings is 1. The Morgan fingerprint density at radius 2 is 1.76 bits per heavy atom. The Bertz CT molecular complexity index is 1530. The topological polar surface area (TPSA) is 111 Å². The van der Waals surface area contributed by atoms with E-state index in [0.29, 0.717) is 41.5 Å². The highest BCUT2D eigenvalue weighted by molar-refractivity contribution is 5.83. The second kappa shape index (κ2) is 9.32. The van der Waals surface area contributed by atoms with E-state index >= 15 is 0 Å². The van der Waals surface area contributed by atoms with Gasteiger partial charge in [0, 0.05) is 43.2 Å². The Morgan fingerprint density at radius 1 is 1.03 bits per heavy atom. The zero-order chi connectivity index (χ0) is 26.4. The summed E-state index contributed by atoms with van der Waals surface area (Å²) in [7, 11) is 1.69. The Morgan fingerprint density at radius 3 is 2.50 bits per heavy atom. The van der Waals surface area contributed by atoms with E-state index in [2.05, 4.69) is 57.1 Å². The van der Waals surface area contributed by atoms with E-state index in [9.17, 15) is 4.79 Å². The van der Waals surface area contributed by atoms with Gasteiger partial charge >= 0.3 is 0 Å². The van der Waals surface area contributed by atoms with E-state index in [1.54, 1.807) is 7.11 Å². The van der Waals surface area contributed by atoms with Crippen LogP contribution in [0.2, 0.25) is 0 Å². The zero-order valence-corrected chi connectivity index (χ0v) is 22.0. The molecule has 2 aromatic carbocycles. The monoisotopic (exact) mass is 517 g/mol. The first-order chi connectivity index (χ1) is 18.3. The number of aromatic nitrogens is 5. The van der Waals surface area contributed by atoms with Crippen LogP contribution in [0.25, 0.3) is 10.9 Å². The average molecular weight is 518 g/mol. The van der Waals surface area contributed by atoms with Crippen molar-refractivity contribution in [3.05, 3.63) is 64.2 Å². The summed E-state index contributed by atoms with van der Waals surface area (Å²) in [5, 5.41) is 13.6. The van der Waals surface area contributed by atoms with Crippen molar-refractivity contribution in [2.24, 2.45) is 0 Å². The van der Waals surface area contributed by atoms with Crippen molar-refractivity contribution in [2.45, 2.75) is 32.4 Å². The van der Waals surface area contributed by atoms with Gasteiger partial charge in [-0.3, -0.25) is 9.69 Å². The molecule has 1 atom stereocenters. The Hall–Kier alpha value is -4.12. The third kappa shape index (κ3) is 4.22. The van der Waals surface area contributed by atoms with E-state index < -0.39 is 6.04 Å². The molecule has 0 radical (unpaired) electrons. The SMILES string of the molecule is COc1ccccc1N1CCN([C@@H](c2cc3cc4c(cc3[nH]c2=O)OCO4)c2nnnn2C(C)(C)C)CC1. The molecular formula is C27H31N7O4. The molecule has 0 aliphatic carbocycles. The predicted octanol–water partition coefficient (Wildman–Crippen LogP) is 2.92. The standard InChI is InChI=1S/C27H31N7O4/c1-27(2,3)34-25(29-30-31-34)24(33-11-9-32(10-12-33)20-7-5-6-8-21(20)36-4)18-13-17-14-22-23(38-16-37-22)15-19(17)28-26(18)35/h5-8,13-15,24H,9-12,16H2,1-4H3,(H,28,35)/t24-/m0/s1. The van der Waals surface area contributed by atoms with E-state index in [4.69, 9.17) is 14.2 Å². The molecule has 2 aliphatic heterocycles. The molecule has 1 saturated heterocycles. The molecule has 4 aromatic rings. The zero-order valence-electron chi connectivity index (χ0n) is 22.0. The van der Waals surface area contributed by atoms with Gasteiger partial charge in [-0.1, -0.05) is 12.1 Å². The summed E-state index contributed by atoms with van der Waals surface area (Å²) in [6.45, 7) is 9.26. The molecule has 0 bridgehead atoms. The highest BCUT2D eigenvalue weighted by Crippen LogP contribution is 2.37. The van der Waals surface area contributed by atoms with E-state index in [1.807, 2.05) is 41.1 Å². The van der Waals surface area contributed by atoms with Crippen LogP contribution in [0.4, 0.5) is 5.69 Å². The van der Waals surface area contributed by atoms with Gasteiger partial charge < -0.3 is 24.1 Å². The summed E-state index contributed by atoms with van der Waals surface area (Å²) in [5.41, 5.74) is 1.79. The minimum Gasteiger partial charge on any atom is -0.495 e. The maximum absolute atomic E-state index is 13.6. The van der Waals surface area contributed by atoms with Gasteiger partial charge in [-0.05, 0) is 55.5 Å². The molecule has 198 valence electrons. The molecule has 11 heteroatoms. The van der Waals surface area contributed by atoms with Crippen molar-refractivity contribution < 1.29 is 14.2 Å². The Labute approximate surface area is 219 Å². The van der Waals surface area contributed by atoms with Crippen LogP contribution in [0, 0.1) is 0 Å². The highest BCUT2D eigenvalue weighted by Gasteiger charge is 2.35. The molecule has 1 fully saturated rings. The van der Waals surface area contributed by atoms with Crippen molar-refractivity contribution >= 4 is 16.6 Å². The lowest BCUT2D eigenvalue weighted by Gasteiger charge is -2.40. The van der Waals surface area contributed by atoms with Gasteiger partial charge in [-0.25, -0.2) is 4.68 Å². The van der Waals surface area contributed by atoms with Crippen LogP contribution in [-0.4, -0.2) is 70.2 Å². The molecule has 4 heterocycles. The average Bonchev–Trinajstić information content (AvgIpc) is 3.58. The van der Waals surface area contributed by atoms with Crippen LogP contribution >= 0.6 is 0 Å². The largest absolute Gasteiger partial charge is 0.495 e. The maximum Gasteiger partial charge on any atom is 0.253 e. The number of H-pyrrole nitrogens is 1.